The fraction of sp³-hybridized carbons (Fsp3) is 0.649. The summed E-state index contributed by atoms with van der Waals surface area (Å²) in [4.78, 5) is 38.5. The van der Waals surface area contributed by atoms with Crippen molar-refractivity contribution in [2.45, 2.75) is 309 Å². The number of allylic oxidation sites excluding steroid dienone is 24. The molecule has 470 valence electrons. The lowest BCUT2D eigenvalue weighted by Gasteiger charge is -2.18. The van der Waals surface area contributed by atoms with Crippen LogP contribution in [0.15, 0.2) is 146 Å². The second kappa shape index (κ2) is 69.8. The minimum Gasteiger partial charge on any atom is -0.462 e. The number of carbonyl (C=O) groups is 3. The minimum absolute atomic E-state index is 0.0973. The van der Waals surface area contributed by atoms with E-state index in [2.05, 4.69) is 167 Å². The predicted molar refractivity (Wildman–Crippen MR) is 362 cm³/mol. The van der Waals surface area contributed by atoms with Crippen LogP contribution in [0.5, 0.6) is 0 Å². The summed E-state index contributed by atoms with van der Waals surface area (Å²) in [6, 6.07) is 0. The molecule has 0 aliphatic heterocycles. The SMILES string of the molecule is CC/C=C\C/C=C\C/C=C\C/C=C\C/C=C\CCCCCCCCCCCCCC(=O)OCC(COC(=O)CCCCCC/C=C\C/C=C\C/C=C\C/C=C\CC)OC(=O)CCCCCCCC/C=C\C/C=C\C/C=C\CCCCCCC. The van der Waals surface area contributed by atoms with Gasteiger partial charge in [-0.05, 0) is 141 Å². The van der Waals surface area contributed by atoms with Crippen LogP contribution >= 0.6 is 0 Å². The van der Waals surface area contributed by atoms with Crippen molar-refractivity contribution in [3.63, 3.8) is 0 Å². The molecule has 0 amide bonds. The van der Waals surface area contributed by atoms with Crippen LogP contribution in [0.2, 0.25) is 0 Å². The van der Waals surface area contributed by atoms with E-state index in [9.17, 15) is 14.4 Å². The number of ether oxygens (including phenoxy) is 3. The molecule has 0 aromatic heterocycles. The zero-order chi connectivity index (χ0) is 59.9. The van der Waals surface area contributed by atoms with Crippen molar-refractivity contribution in [2.75, 3.05) is 13.2 Å². The average molecular weight is 1150 g/mol. The zero-order valence-electron chi connectivity index (χ0n) is 53.9. The average Bonchev–Trinajstić information content (AvgIpc) is 3.49. The monoisotopic (exact) mass is 1150 g/mol. The quantitative estimate of drug-likeness (QED) is 0.0261. The van der Waals surface area contributed by atoms with E-state index in [0.29, 0.717) is 19.3 Å². The van der Waals surface area contributed by atoms with Gasteiger partial charge in [0.05, 0.1) is 0 Å². The largest absolute Gasteiger partial charge is 0.462 e. The number of hydrogen-bond acceptors (Lipinski definition) is 6. The first kappa shape index (κ1) is 78.3. The lowest BCUT2D eigenvalue weighted by molar-refractivity contribution is -0.167. The molecule has 0 radical (unpaired) electrons. The summed E-state index contributed by atoms with van der Waals surface area (Å²) >= 11 is 0. The van der Waals surface area contributed by atoms with Crippen molar-refractivity contribution < 1.29 is 28.6 Å². The molecule has 1 unspecified atom stereocenters. The predicted octanol–water partition coefficient (Wildman–Crippen LogP) is 23.9. The van der Waals surface area contributed by atoms with E-state index in [1.165, 1.54) is 109 Å². The molecule has 0 saturated heterocycles. The van der Waals surface area contributed by atoms with E-state index in [4.69, 9.17) is 14.2 Å². The molecule has 0 rings (SSSR count). The highest BCUT2D eigenvalue weighted by Gasteiger charge is 2.19. The van der Waals surface area contributed by atoms with E-state index >= 15 is 0 Å². The first-order chi connectivity index (χ1) is 41.0. The summed E-state index contributed by atoms with van der Waals surface area (Å²) in [5, 5.41) is 0. The van der Waals surface area contributed by atoms with E-state index in [1.807, 2.05) is 0 Å². The van der Waals surface area contributed by atoms with Crippen molar-refractivity contribution in [1.29, 1.82) is 0 Å². The second-order valence-corrected chi connectivity index (χ2v) is 22.3. The molecular formula is C77H126O6. The molecule has 0 aliphatic rings. The Balaban J connectivity index is 4.43. The molecule has 0 fully saturated rings. The first-order valence-corrected chi connectivity index (χ1v) is 34.3. The van der Waals surface area contributed by atoms with Gasteiger partial charge < -0.3 is 14.2 Å². The van der Waals surface area contributed by atoms with Crippen LogP contribution in [-0.4, -0.2) is 37.2 Å². The van der Waals surface area contributed by atoms with Crippen molar-refractivity contribution >= 4 is 17.9 Å². The van der Waals surface area contributed by atoms with Gasteiger partial charge in [-0.1, -0.05) is 289 Å². The highest BCUT2D eigenvalue weighted by molar-refractivity contribution is 5.71. The van der Waals surface area contributed by atoms with E-state index < -0.39 is 6.10 Å². The van der Waals surface area contributed by atoms with Crippen LogP contribution in [0.25, 0.3) is 0 Å². The molecule has 83 heavy (non-hydrogen) atoms. The van der Waals surface area contributed by atoms with Crippen molar-refractivity contribution in [1.82, 2.24) is 0 Å². The third kappa shape index (κ3) is 68.0. The Kier molecular flexibility index (Phi) is 65.8. The van der Waals surface area contributed by atoms with Gasteiger partial charge in [-0.2, -0.15) is 0 Å². The Bertz CT molecular complexity index is 1800. The number of unbranched alkanes of at least 4 members (excludes halogenated alkanes) is 26. The maximum absolute atomic E-state index is 13.0. The second-order valence-electron chi connectivity index (χ2n) is 22.3. The maximum atomic E-state index is 13.0. The molecule has 0 saturated carbocycles. The van der Waals surface area contributed by atoms with Crippen molar-refractivity contribution in [2.24, 2.45) is 0 Å². The number of carbonyl (C=O) groups excluding carboxylic acids is 3. The fourth-order valence-corrected chi connectivity index (χ4v) is 9.23. The number of rotatable bonds is 61. The van der Waals surface area contributed by atoms with Crippen LogP contribution in [-0.2, 0) is 28.6 Å². The summed E-state index contributed by atoms with van der Waals surface area (Å²) in [5.74, 6) is -0.933. The molecule has 0 N–H and O–H groups in total. The molecule has 0 bridgehead atoms. The Morgan fingerprint density at radius 1 is 0.253 bits per heavy atom. The van der Waals surface area contributed by atoms with Crippen LogP contribution in [0.4, 0.5) is 0 Å². The Morgan fingerprint density at radius 3 is 0.735 bits per heavy atom. The van der Waals surface area contributed by atoms with Gasteiger partial charge in [0.25, 0.3) is 0 Å². The van der Waals surface area contributed by atoms with Crippen LogP contribution in [0.1, 0.15) is 303 Å². The Hall–Kier alpha value is -4.71. The minimum atomic E-state index is -0.805. The molecule has 0 aliphatic carbocycles. The normalized spacial score (nSPS) is 13.0. The van der Waals surface area contributed by atoms with Crippen molar-refractivity contribution in [3.8, 4) is 0 Å². The molecular weight excluding hydrogens is 1020 g/mol. The van der Waals surface area contributed by atoms with Crippen LogP contribution in [0.3, 0.4) is 0 Å². The van der Waals surface area contributed by atoms with Gasteiger partial charge in [0.1, 0.15) is 13.2 Å². The van der Waals surface area contributed by atoms with Gasteiger partial charge in [-0.25, -0.2) is 0 Å². The molecule has 0 heterocycles. The molecule has 1 atom stereocenters. The zero-order valence-corrected chi connectivity index (χ0v) is 53.9. The third-order valence-electron chi connectivity index (χ3n) is 14.3. The van der Waals surface area contributed by atoms with Crippen molar-refractivity contribution in [3.05, 3.63) is 146 Å². The van der Waals surface area contributed by atoms with E-state index in [0.717, 1.165) is 154 Å². The smallest absolute Gasteiger partial charge is 0.306 e. The van der Waals surface area contributed by atoms with Gasteiger partial charge in [-0.3, -0.25) is 14.4 Å². The summed E-state index contributed by atoms with van der Waals surface area (Å²) in [5.41, 5.74) is 0. The van der Waals surface area contributed by atoms with Crippen LogP contribution < -0.4 is 0 Å². The van der Waals surface area contributed by atoms with Gasteiger partial charge in [-0.15, -0.1) is 0 Å². The molecule has 6 nitrogen and oxygen atoms in total. The summed E-state index contributed by atoms with van der Waals surface area (Å²) in [6.45, 7) is 6.38. The fourth-order valence-electron chi connectivity index (χ4n) is 9.23. The standard InChI is InChI=1S/C77H126O6/c1-4-7-10-13-16-19-22-25-28-31-33-35-36-37-38-39-40-42-43-46-49-52-55-58-61-64-67-70-76(79)82-73-74(72-81-75(78)69-66-63-60-57-54-51-48-45-30-27-24-21-18-15-12-9-6-3)83-77(80)71-68-65-62-59-56-53-50-47-44-41-34-32-29-26-23-20-17-14-11-8-5-2/h7,9-10,12,16,18-19,21,23,25-28,30,32-35,37-38,44,47-48,51,74H,4-6,8,11,13-15,17,20,22,24,29,31,36,39-43,45-46,49-50,52-73H2,1-3H3/b10-7-,12-9-,19-16-,21-18-,26-23-,28-25-,30-27-,34-32-,35-33-,38-37-,47-44-,51-48-. The maximum Gasteiger partial charge on any atom is 0.306 e. The molecule has 0 aromatic carbocycles. The lowest BCUT2D eigenvalue weighted by Crippen LogP contribution is -2.30. The van der Waals surface area contributed by atoms with Gasteiger partial charge >= 0.3 is 17.9 Å². The highest BCUT2D eigenvalue weighted by atomic mass is 16.6. The first-order valence-electron chi connectivity index (χ1n) is 34.3. The van der Waals surface area contributed by atoms with Gasteiger partial charge in [0, 0.05) is 19.3 Å². The lowest BCUT2D eigenvalue weighted by atomic mass is 10.0. The molecule has 0 aromatic rings. The third-order valence-corrected chi connectivity index (χ3v) is 14.3. The Morgan fingerprint density at radius 2 is 0.470 bits per heavy atom. The highest BCUT2D eigenvalue weighted by Crippen LogP contribution is 2.16. The summed E-state index contributed by atoms with van der Waals surface area (Å²) in [6.07, 6.45) is 100.0. The van der Waals surface area contributed by atoms with Crippen LogP contribution in [0, 0.1) is 0 Å². The summed E-state index contributed by atoms with van der Waals surface area (Å²) < 4.78 is 16.9. The van der Waals surface area contributed by atoms with Gasteiger partial charge in [0.2, 0.25) is 0 Å². The van der Waals surface area contributed by atoms with E-state index in [-0.39, 0.29) is 31.1 Å². The molecule has 6 heteroatoms. The number of esters is 3. The topological polar surface area (TPSA) is 78.9 Å². The molecule has 0 spiro atoms. The Labute approximate surface area is 512 Å². The van der Waals surface area contributed by atoms with Gasteiger partial charge in [0.15, 0.2) is 6.10 Å². The summed E-state index contributed by atoms with van der Waals surface area (Å²) in [7, 11) is 0. The number of hydrogen-bond donors (Lipinski definition) is 0. The van der Waals surface area contributed by atoms with E-state index in [1.54, 1.807) is 0 Å².